The molecule has 0 aliphatic carbocycles. The van der Waals surface area contributed by atoms with Crippen LogP contribution in [-0.4, -0.2) is 41.3 Å². The number of nitrogens with one attached hydrogen (secondary N) is 1. The maximum Gasteiger partial charge on any atom is 0.143 e. The van der Waals surface area contributed by atoms with Crippen LogP contribution < -0.4 is 10.2 Å². The summed E-state index contributed by atoms with van der Waals surface area (Å²) in [5.41, 5.74) is 0.891. The molecule has 24 heavy (non-hydrogen) atoms. The topological polar surface area (TPSA) is 63.2 Å². The number of morpholine rings is 1. The molecule has 4 heterocycles. The number of thiophene rings is 1. The molecule has 1 fully saturated rings. The van der Waals surface area contributed by atoms with Gasteiger partial charge in [-0.2, -0.15) is 0 Å². The number of anilines is 3. The number of nitrogens with zero attached hydrogens (tertiary/aromatic N) is 4. The zero-order valence-corrected chi connectivity index (χ0v) is 15.5. The Bertz CT molecular complexity index is 878. The Labute approximate surface area is 152 Å². The Balaban J connectivity index is 1.61. The summed E-state index contributed by atoms with van der Waals surface area (Å²) in [7, 11) is 0. The minimum absolute atomic E-state index is 0.741. The number of aryl methyl sites for hydroxylation is 1. The highest BCUT2D eigenvalue weighted by atomic mass is 79.9. The first-order chi connectivity index (χ1) is 11.7. The highest BCUT2D eigenvalue weighted by Crippen LogP contribution is 2.31. The Morgan fingerprint density at radius 3 is 2.83 bits per heavy atom. The van der Waals surface area contributed by atoms with Crippen molar-refractivity contribution in [2.75, 3.05) is 36.5 Å². The van der Waals surface area contributed by atoms with Gasteiger partial charge in [-0.15, -0.1) is 11.3 Å². The molecule has 3 aromatic rings. The number of aromatic nitrogens is 3. The van der Waals surface area contributed by atoms with E-state index in [1.54, 1.807) is 17.7 Å². The third kappa shape index (κ3) is 3.09. The van der Waals surface area contributed by atoms with Crippen LogP contribution in [0.4, 0.5) is 17.3 Å². The number of ether oxygens (including phenoxy) is 1. The monoisotopic (exact) mass is 405 g/mol. The van der Waals surface area contributed by atoms with Gasteiger partial charge in [0.05, 0.1) is 35.0 Å². The van der Waals surface area contributed by atoms with Crippen molar-refractivity contribution >= 4 is 54.8 Å². The average molecular weight is 406 g/mol. The van der Waals surface area contributed by atoms with Crippen LogP contribution in [0.25, 0.3) is 10.2 Å². The molecule has 0 radical (unpaired) electrons. The summed E-state index contributed by atoms with van der Waals surface area (Å²) < 4.78 is 6.36. The minimum atomic E-state index is 0.741. The highest BCUT2D eigenvalue weighted by molar-refractivity contribution is 9.10. The normalized spacial score (nSPS) is 15.0. The molecule has 1 aliphatic heterocycles. The summed E-state index contributed by atoms with van der Waals surface area (Å²) in [5.74, 6) is 1.75. The van der Waals surface area contributed by atoms with E-state index in [1.807, 2.05) is 12.3 Å². The lowest BCUT2D eigenvalue weighted by Gasteiger charge is -2.28. The quantitative estimate of drug-likeness (QED) is 0.715. The van der Waals surface area contributed by atoms with Crippen LogP contribution >= 0.6 is 27.3 Å². The SMILES string of the molecule is Cc1cc2c(Nc3cnc(N4CCOCC4)c(Br)c3)ncnc2s1. The number of hydrogen-bond acceptors (Lipinski definition) is 7. The van der Waals surface area contributed by atoms with E-state index >= 15 is 0 Å². The zero-order valence-electron chi connectivity index (χ0n) is 13.1. The summed E-state index contributed by atoms with van der Waals surface area (Å²) in [5, 5.41) is 4.39. The fourth-order valence-corrected chi connectivity index (χ4v) is 4.17. The first kappa shape index (κ1) is 15.7. The Kier molecular flexibility index (Phi) is 4.34. The van der Waals surface area contributed by atoms with Crippen molar-refractivity contribution in [1.82, 2.24) is 15.0 Å². The van der Waals surface area contributed by atoms with Crippen LogP contribution in [0.2, 0.25) is 0 Å². The summed E-state index contributed by atoms with van der Waals surface area (Å²) >= 11 is 5.30. The molecule has 3 aromatic heterocycles. The van der Waals surface area contributed by atoms with Crippen LogP contribution in [0.15, 0.2) is 29.1 Å². The van der Waals surface area contributed by atoms with Crippen molar-refractivity contribution in [3.05, 3.63) is 34.0 Å². The van der Waals surface area contributed by atoms with Crippen molar-refractivity contribution in [3.8, 4) is 0 Å². The van der Waals surface area contributed by atoms with Crippen molar-refractivity contribution in [1.29, 1.82) is 0 Å². The highest BCUT2D eigenvalue weighted by Gasteiger charge is 2.16. The molecule has 1 N–H and O–H groups in total. The van der Waals surface area contributed by atoms with Crippen LogP contribution in [-0.2, 0) is 4.74 Å². The standard InChI is InChI=1S/C16H16BrN5OS/c1-10-6-12-14(19-9-20-16(12)24-10)21-11-7-13(17)15(18-8-11)22-2-4-23-5-3-22/h6-9H,2-5H2,1H3,(H,19,20,21). The molecule has 1 saturated heterocycles. The third-order valence-corrected chi connectivity index (χ3v) is 5.39. The van der Waals surface area contributed by atoms with Crippen LogP contribution in [0, 0.1) is 6.92 Å². The van der Waals surface area contributed by atoms with E-state index in [9.17, 15) is 0 Å². The van der Waals surface area contributed by atoms with E-state index < -0.39 is 0 Å². The minimum Gasteiger partial charge on any atom is -0.378 e. The average Bonchev–Trinajstić information content (AvgIpc) is 2.97. The smallest absolute Gasteiger partial charge is 0.143 e. The summed E-state index contributed by atoms with van der Waals surface area (Å²) in [6, 6.07) is 4.14. The van der Waals surface area contributed by atoms with E-state index in [-0.39, 0.29) is 0 Å². The van der Waals surface area contributed by atoms with Gasteiger partial charge in [0.1, 0.15) is 22.8 Å². The van der Waals surface area contributed by atoms with Gasteiger partial charge in [-0.3, -0.25) is 0 Å². The van der Waals surface area contributed by atoms with E-state index in [4.69, 9.17) is 4.74 Å². The lowest BCUT2D eigenvalue weighted by atomic mass is 10.3. The van der Waals surface area contributed by atoms with Gasteiger partial charge >= 0.3 is 0 Å². The number of pyridine rings is 1. The second-order valence-corrected chi connectivity index (χ2v) is 7.64. The van der Waals surface area contributed by atoms with Gasteiger partial charge in [-0.1, -0.05) is 0 Å². The molecule has 6 nitrogen and oxygen atoms in total. The molecule has 0 amide bonds. The second-order valence-electron chi connectivity index (χ2n) is 5.55. The van der Waals surface area contributed by atoms with Gasteiger partial charge < -0.3 is 15.0 Å². The summed E-state index contributed by atoms with van der Waals surface area (Å²) in [4.78, 5) is 17.7. The largest absolute Gasteiger partial charge is 0.378 e. The zero-order chi connectivity index (χ0) is 16.5. The number of rotatable bonds is 3. The molecule has 0 aromatic carbocycles. The maximum absolute atomic E-state index is 5.40. The lowest BCUT2D eigenvalue weighted by Crippen LogP contribution is -2.36. The number of fused-ring (bicyclic) bond motifs is 1. The number of halogens is 1. The molecular weight excluding hydrogens is 390 g/mol. The van der Waals surface area contributed by atoms with Crippen molar-refractivity contribution in [3.63, 3.8) is 0 Å². The van der Waals surface area contributed by atoms with Crippen LogP contribution in [0.5, 0.6) is 0 Å². The Morgan fingerprint density at radius 1 is 1.21 bits per heavy atom. The van der Waals surface area contributed by atoms with Gasteiger partial charge in [-0.25, -0.2) is 15.0 Å². The van der Waals surface area contributed by atoms with Crippen molar-refractivity contribution in [2.24, 2.45) is 0 Å². The predicted octanol–water partition coefficient (Wildman–Crippen LogP) is 3.74. The van der Waals surface area contributed by atoms with E-state index in [2.05, 4.69) is 54.1 Å². The Morgan fingerprint density at radius 2 is 2.04 bits per heavy atom. The third-order valence-electron chi connectivity index (χ3n) is 3.85. The second kappa shape index (κ2) is 6.62. The molecule has 0 unspecified atom stereocenters. The molecule has 0 atom stereocenters. The summed E-state index contributed by atoms with van der Waals surface area (Å²) in [6.07, 6.45) is 3.42. The molecule has 0 spiro atoms. The van der Waals surface area contributed by atoms with E-state index in [0.29, 0.717) is 0 Å². The van der Waals surface area contributed by atoms with Gasteiger partial charge in [0, 0.05) is 18.0 Å². The van der Waals surface area contributed by atoms with Gasteiger partial charge in [0.15, 0.2) is 0 Å². The molecule has 124 valence electrons. The maximum atomic E-state index is 5.40. The molecule has 8 heteroatoms. The fourth-order valence-electron chi connectivity index (χ4n) is 2.72. The first-order valence-corrected chi connectivity index (χ1v) is 9.28. The van der Waals surface area contributed by atoms with E-state index in [1.165, 1.54) is 4.88 Å². The first-order valence-electron chi connectivity index (χ1n) is 7.67. The predicted molar refractivity (Wildman–Crippen MR) is 100 cm³/mol. The molecule has 1 aliphatic rings. The van der Waals surface area contributed by atoms with E-state index in [0.717, 1.165) is 58.3 Å². The van der Waals surface area contributed by atoms with Crippen LogP contribution in [0.3, 0.4) is 0 Å². The lowest BCUT2D eigenvalue weighted by molar-refractivity contribution is 0.122. The summed E-state index contributed by atoms with van der Waals surface area (Å²) in [6.45, 7) is 5.28. The number of hydrogen-bond donors (Lipinski definition) is 1. The van der Waals surface area contributed by atoms with Crippen LogP contribution in [0.1, 0.15) is 4.88 Å². The van der Waals surface area contributed by atoms with Crippen molar-refractivity contribution in [2.45, 2.75) is 6.92 Å². The van der Waals surface area contributed by atoms with Gasteiger partial charge in [-0.05, 0) is 35.0 Å². The molecule has 4 rings (SSSR count). The van der Waals surface area contributed by atoms with Gasteiger partial charge in [0.25, 0.3) is 0 Å². The molecule has 0 saturated carbocycles. The Hall–Kier alpha value is -1.77. The molecular formula is C16H16BrN5OS. The van der Waals surface area contributed by atoms with Gasteiger partial charge in [0.2, 0.25) is 0 Å². The fraction of sp³-hybridized carbons (Fsp3) is 0.312. The molecule has 0 bridgehead atoms. The van der Waals surface area contributed by atoms with Crippen molar-refractivity contribution < 1.29 is 4.74 Å².